The highest BCUT2D eigenvalue weighted by molar-refractivity contribution is 7.89. The van der Waals surface area contributed by atoms with E-state index >= 15 is 0 Å². The fourth-order valence-corrected chi connectivity index (χ4v) is 3.37. The summed E-state index contributed by atoms with van der Waals surface area (Å²) >= 11 is 0. The van der Waals surface area contributed by atoms with E-state index in [9.17, 15) is 17.6 Å². The van der Waals surface area contributed by atoms with Crippen LogP contribution in [0, 0.1) is 5.82 Å². The maximum atomic E-state index is 13.2. The van der Waals surface area contributed by atoms with Crippen molar-refractivity contribution in [1.82, 2.24) is 20.0 Å². The Morgan fingerprint density at radius 3 is 2.61 bits per heavy atom. The van der Waals surface area contributed by atoms with Crippen molar-refractivity contribution in [3.8, 4) is 11.3 Å². The number of hydrogen-bond acceptors (Lipinski definition) is 5. The van der Waals surface area contributed by atoms with Crippen molar-refractivity contribution in [2.24, 2.45) is 0 Å². The first-order chi connectivity index (χ1) is 13.4. The van der Waals surface area contributed by atoms with Gasteiger partial charge in [-0.2, -0.15) is 0 Å². The van der Waals surface area contributed by atoms with E-state index in [1.54, 1.807) is 18.6 Å². The van der Waals surface area contributed by atoms with Crippen molar-refractivity contribution >= 4 is 15.9 Å². The van der Waals surface area contributed by atoms with E-state index in [2.05, 4.69) is 20.0 Å². The Bertz CT molecular complexity index is 1060. The molecular formula is C19H17FN4O3S. The highest BCUT2D eigenvalue weighted by Crippen LogP contribution is 2.15. The fourth-order valence-electron chi connectivity index (χ4n) is 2.36. The van der Waals surface area contributed by atoms with Crippen LogP contribution < -0.4 is 10.0 Å². The summed E-state index contributed by atoms with van der Waals surface area (Å²) in [6.45, 7) is -0.263. The molecule has 28 heavy (non-hydrogen) atoms. The summed E-state index contributed by atoms with van der Waals surface area (Å²) in [6.07, 6.45) is 5.00. The van der Waals surface area contributed by atoms with Crippen molar-refractivity contribution in [2.45, 2.75) is 11.4 Å². The minimum Gasteiger partial charge on any atom is -0.351 e. The first-order valence-electron chi connectivity index (χ1n) is 8.31. The molecule has 1 amide bonds. The molecule has 9 heteroatoms. The molecule has 0 saturated carbocycles. The summed E-state index contributed by atoms with van der Waals surface area (Å²) in [4.78, 5) is 20.0. The maximum Gasteiger partial charge on any atom is 0.241 e. The zero-order chi connectivity index (χ0) is 20.0. The number of carbonyl (C=O) groups is 1. The van der Waals surface area contributed by atoms with Crippen LogP contribution in [0.15, 0.2) is 72.0 Å². The van der Waals surface area contributed by atoms with E-state index in [-0.39, 0.29) is 11.4 Å². The van der Waals surface area contributed by atoms with Crippen molar-refractivity contribution in [3.05, 3.63) is 78.5 Å². The molecular weight excluding hydrogens is 383 g/mol. The van der Waals surface area contributed by atoms with Crippen LogP contribution in [0.2, 0.25) is 0 Å². The second-order valence-corrected chi connectivity index (χ2v) is 7.62. The van der Waals surface area contributed by atoms with E-state index in [1.807, 2.05) is 24.3 Å². The maximum absolute atomic E-state index is 13.2. The molecule has 1 aromatic carbocycles. The summed E-state index contributed by atoms with van der Waals surface area (Å²) in [5.74, 6) is -1.19. The van der Waals surface area contributed by atoms with Gasteiger partial charge < -0.3 is 5.32 Å². The zero-order valence-corrected chi connectivity index (χ0v) is 15.5. The number of rotatable bonds is 7. The van der Waals surface area contributed by atoms with Gasteiger partial charge in [-0.1, -0.05) is 12.1 Å². The number of hydrogen-bond donors (Lipinski definition) is 2. The van der Waals surface area contributed by atoms with Crippen molar-refractivity contribution in [3.63, 3.8) is 0 Å². The number of amides is 1. The Hall–Kier alpha value is -3.17. The molecule has 2 heterocycles. The molecule has 0 bridgehead atoms. The van der Waals surface area contributed by atoms with E-state index < -0.39 is 28.3 Å². The molecule has 0 aliphatic rings. The molecule has 0 unspecified atom stereocenters. The number of sulfonamides is 1. The van der Waals surface area contributed by atoms with Gasteiger partial charge in [-0.25, -0.2) is 17.5 Å². The molecule has 144 valence electrons. The normalized spacial score (nSPS) is 11.2. The largest absolute Gasteiger partial charge is 0.351 e. The fraction of sp³-hybridized carbons (Fsp3) is 0.105. The molecule has 0 aliphatic heterocycles. The minimum absolute atomic E-state index is 0.195. The van der Waals surface area contributed by atoms with Crippen LogP contribution in [0.3, 0.4) is 0 Å². The Balaban J connectivity index is 1.52. The topological polar surface area (TPSA) is 101 Å². The number of benzene rings is 1. The van der Waals surface area contributed by atoms with Crippen LogP contribution in [0.1, 0.15) is 5.56 Å². The number of nitrogens with zero attached hydrogens (tertiary/aromatic N) is 2. The van der Waals surface area contributed by atoms with Gasteiger partial charge >= 0.3 is 0 Å². The van der Waals surface area contributed by atoms with Gasteiger partial charge in [0.1, 0.15) is 5.82 Å². The first-order valence-corrected chi connectivity index (χ1v) is 9.80. The summed E-state index contributed by atoms with van der Waals surface area (Å²) in [7, 11) is -3.97. The molecule has 0 spiro atoms. The number of pyridine rings is 2. The number of halogens is 1. The summed E-state index contributed by atoms with van der Waals surface area (Å²) in [5.41, 5.74) is 2.39. The second kappa shape index (κ2) is 8.68. The van der Waals surface area contributed by atoms with Gasteiger partial charge in [0, 0.05) is 30.7 Å². The summed E-state index contributed by atoms with van der Waals surface area (Å²) < 4.78 is 39.4. The van der Waals surface area contributed by atoms with Crippen LogP contribution in [-0.2, 0) is 21.4 Å². The predicted molar refractivity (Wildman–Crippen MR) is 101 cm³/mol. The standard InChI is InChI=1S/C19H17FN4O3S/c20-16-4-1-5-17(9-16)28(26,27)24-13-19(25)23-11-14-6-7-18(22-10-14)15-3-2-8-21-12-15/h1-10,12,24H,11,13H2,(H,23,25). The molecule has 2 aromatic heterocycles. The molecule has 7 nitrogen and oxygen atoms in total. The molecule has 3 rings (SSSR count). The van der Waals surface area contributed by atoms with Crippen LogP contribution in [0.4, 0.5) is 4.39 Å². The van der Waals surface area contributed by atoms with E-state index in [0.717, 1.165) is 29.0 Å². The number of carbonyl (C=O) groups excluding carboxylic acids is 1. The SMILES string of the molecule is O=C(CNS(=O)(=O)c1cccc(F)c1)NCc1ccc(-c2cccnc2)nc1. The highest BCUT2D eigenvalue weighted by Gasteiger charge is 2.16. The van der Waals surface area contributed by atoms with Gasteiger partial charge in [-0.15, -0.1) is 0 Å². The van der Waals surface area contributed by atoms with Crippen LogP contribution >= 0.6 is 0 Å². The molecule has 0 fully saturated rings. The van der Waals surface area contributed by atoms with Crippen molar-refractivity contribution in [1.29, 1.82) is 0 Å². The van der Waals surface area contributed by atoms with Gasteiger partial charge in [0.15, 0.2) is 0 Å². The smallest absolute Gasteiger partial charge is 0.241 e. The van der Waals surface area contributed by atoms with Crippen LogP contribution in [0.25, 0.3) is 11.3 Å². The monoisotopic (exact) mass is 400 g/mol. The molecule has 0 aliphatic carbocycles. The number of nitrogens with one attached hydrogen (secondary N) is 2. The van der Waals surface area contributed by atoms with Crippen LogP contribution in [0.5, 0.6) is 0 Å². The molecule has 0 radical (unpaired) electrons. The average molecular weight is 400 g/mol. The van der Waals surface area contributed by atoms with E-state index in [0.29, 0.717) is 0 Å². The van der Waals surface area contributed by atoms with Gasteiger partial charge in [0.25, 0.3) is 0 Å². The summed E-state index contributed by atoms with van der Waals surface area (Å²) in [6, 6.07) is 11.9. The number of aromatic nitrogens is 2. The summed E-state index contributed by atoms with van der Waals surface area (Å²) in [5, 5.41) is 2.60. The molecule has 2 N–H and O–H groups in total. The van der Waals surface area contributed by atoms with Crippen LogP contribution in [-0.4, -0.2) is 30.8 Å². The van der Waals surface area contributed by atoms with Crippen molar-refractivity contribution in [2.75, 3.05) is 6.54 Å². The quantitative estimate of drug-likeness (QED) is 0.631. The van der Waals surface area contributed by atoms with Gasteiger partial charge in [0.05, 0.1) is 17.1 Å². The van der Waals surface area contributed by atoms with E-state index in [1.165, 1.54) is 12.1 Å². The lowest BCUT2D eigenvalue weighted by atomic mass is 10.1. The molecule has 0 atom stereocenters. The Kier molecular flexibility index (Phi) is 6.07. The van der Waals surface area contributed by atoms with E-state index in [4.69, 9.17) is 0 Å². The average Bonchev–Trinajstić information content (AvgIpc) is 2.72. The van der Waals surface area contributed by atoms with Crippen molar-refractivity contribution < 1.29 is 17.6 Å². The van der Waals surface area contributed by atoms with Gasteiger partial charge in [-0.3, -0.25) is 14.8 Å². The minimum atomic E-state index is -3.97. The highest BCUT2D eigenvalue weighted by atomic mass is 32.2. The Morgan fingerprint density at radius 1 is 1.07 bits per heavy atom. The first kappa shape index (κ1) is 19.6. The molecule has 3 aromatic rings. The zero-order valence-electron chi connectivity index (χ0n) is 14.7. The predicted octanol–water partition coefficient (Wildman–Crippen LogP) is 1.88. The molecule has 0 saturated heterocycles. The third-order valence-electron chi connectivity index (χ3n) is 3.80. The Morgan fingerprint density at radius 2 is 1.93 bits per heavy atom. The lowest BCUT2D eigenvalue weighted by Crippen LogP contribution is -2.36. The second-order valence-electron chi connectivity index (χ2n) is 5.85. The lowest BCUT2D eigenvalue weighted by Gasteiger charge is -2.08. The van der Waals surface area contributed by atoms with Gasteiger partial charge in [0.2, 0.25) is 15.9 Å². The third-order valence-corrected chi connectivity index (χ3v) is 5.20. The lowest BCUT2D eigenvalue weighted by molar-refractivity contribution is -0.120. The van der Waals surface area contributed by atoms with Gasteiger partial charge in [-0.05, 0) is 42.0 Å². The third kappa shape index (κ3) is 5.18. The Labute approximate surface area is 161 Å².